The smallest absolute Gasteiger partial charge is 0.221 e. The predicted molar refractivity (Wildman–Crippen MR) is 53.9 cm³/mol. The van der Waals surface area contributed by atoms with E-state index in [0.717, 1.165) is 19.4 Å². The minimum absolute atomic E-state index is 0.0277. The van der Waals surface area contributed by atoms with Crippen molar-refractivity contribution in [2.45, 2.75) is 24.5 Å². The number of carbonyl (C=O) groups excluding carboxylic acids is 1. The van der Waals surface area contributed by atoms with E-state index in [0.29, 0.717) is 12.2 Å². The molecule has 0 saturated carbocycles. The summed E-state index contributed by atoms with van der Waals surface area (Å²) in [6.07, 6.45) is 3.86. The number of hydrogen-bond acceptors (Lipinski definition) is 2. The van der Waals surface area contributed by atoms with Crippen molar-refractivity contribution < 1.29 is 9.00 Å². The van der Waals surface area contributed by atoms with Gasteiger partial charge in [-0.2, -0.15) is 0 Å². The van der Waals surface area contributed by atoms with Crippen LogP contribution < -0.4 is 5.32 Å². The molecular weight excluding hydrogens is 186 g/mol. The van der Waals surface area contributed by atoms with E-state index in [-0.39, 0.29) is 11.2 Å². The predicted octanol–water partition coefficient (Wildman–Crippen LogP) is 0.590. The maximum atomic E-state index is 11.6. The van der Waals surface area contributed by atoms with E-state index < -0.39 is 10.8 Å². The molecule has 1 fully saturated rings. The van der Waals surface area contributed by atoms with Crippen molar-refractivity contribution in [3.8, 4) is 0 Å². The normalized spacial score (nSPS) is 25.8. The first-order valence-electron chi connectivity index (χ1n) is 4.49. The average Bonchev–Trinajstić information content (AvgIpc) is 2.30. The van der Waals surface area contributed by atoms with Gasteiger partial charge in [-0.25, -0.2) is 0 Å². The standard InChI is InChI=1S/C9H15NO2S/c1-2-6-13(12)8-4-3-5-10-9(11)7-8/h2,8H,1,3-7H2,(H,10,11). The van der Waals surface area contributed by atoms with E-state index in [1.807, 2.05) is 0 Å². The van der Waals surface area contributed by atoms with Crippen molar-refractivity contribution >= 4 is 16.7 Å². The van der Waals surface area contributed by atoms with E-state index in [9.17, 15) is 9.00 Å². The summed E-state index contributed by atoms with van der Waals surface area (Å²) in [5.74, 6) is 0.526. The largest absolute Gasteiger partial charge is 0.356 e. The molecule has 13 heavy (non-hydrogen) atoms. The lowest BCUT2D eigenvalue weighted by atomic mass is 10.2. The molecule has 74 valence electrons. The van der Waals surface area contributed by atoms with Gasteiger partial charge in [0.25, 0.3) is 0 Å². The van der Waals surface area contributed by atoms with Gasteiger partial charge in [-0.15, -0.1) is 6.58 Å². The third-order valence-corrected chi connectivity index (χ3v) is 3.80. The minimum Gasteiger partial charge on any atom is -0.356 e. The third-order valence-electron chi connectivity index (χ3n) is 2.09. The minimum atomic E-state index is -0.917. The monoisotopic (exact) mass is 201 g/mol. The molecule has 0 aromatic heterocycles. The van der Waals surface area contributed by atoms with Crippen LogP contribution in [-0.4, -0.2) is 27.7 Å². The highest BCUT2D eigenvalue weighted by Gasteiger charge is 2.21. The Morgan fingerprint density at radius 3 is 3.15 bits per heavy atom. The molecule has 1 N–H and O–H groups in total. The lowest BCUT2D eigenvalue weighted by Crippen LogP contribution is -2.25. The summed E-state index contributed by atoms with van der Waals surface area (Å²) in [6, 6.07) is 0. The molecule has 0 bridgehead atoms. The van der Waals surface area contributed by atoms with Crippen LogP contribution in [0.25, 0.3) is 0 Å². The molecule has 0 radical (unpaired) electrons. The van der Waals surface area contributed by atoms with E-state index in [1.54, 1.807) is 6.08 Å². The van der Waals surface area contributed by atoms with Gasteiger partial charge in [-0.3, -0.25) is 9.00 Å². The van der Waals surface area contributed by atoms with Crippen LogP contribution in [0.4, 0.5) is 0 Å². The maximum absolute atomic E-state index is 11.6. The Labute approximate surface area is 81.0 Å². The highest BCUT2D eigenvalue weighted by Crippen LogP contribution is 2.12. The Balaban J connectivity index is 2.51. The Morgan fingerprint density at radius 2 is 2.46 bits per heavy atom. The fraction of sp³-hybridized carbons (Fsp3) is 0.667. The molecule has 1 aliphatic rings. The zero-order chi connectivity index (χ0) is 9.68. The summed E-state index contributed by atoms with van der Waals surface area (Å²) in [5.41, 5.74) is 0. The second kappa shape index (κ2) is 5.17. The second-order valence-corrected chi connectivity index (χ2v) is 4.92. The van der Waals surface area contributed by atoms with Gasteiger partial charge in [0, 0.05) is 34.8 Å². The molecule has 2 atom stereocenters. The first-order valence-corrected chi connectivity index (χ1v) is 5.87. The van der Waals surface area contributed by atoms with Gasteiger partial charge in [-0.05, 0) is 12.8 Å². The van der Waals surface area contributed by atoms with Crippen LogP contribution in [0.2, 0.25) is 0 Å². The Hall–Kier alpha value is -0.640. The number of amides is 1. The first-order chi connectivity index (χ1) is 6.24. The van der Waals surface area contributed by atoms with Gasteiger partial charge in [0.15, 0.2) is 0 Å². The molecule has 1 aliphatic heterocycles. The van der Waals surface area contributed by atoms with Crippen LogP contribution in [0.1, 0.15) is 19.3 Å². The Kier molecular flexibility index (Phi) is 4.15. The van der Waals surface area contributed by atoms with Gasteiger partial charge in [0.1, 0.15) is 0 Å². The lowest BCUT2D eigenvalue weighted by molar-refractivity contribution is -0.120. The molecule has 0 spiro atoms. The summed E-state index contributed by atoms with van der Waals surface area (Å²) < 4.78 is 11.6. The van der Waals surface area contributed by atoms with Crippen LogP contribution in [0, 0.1) is 0 Å². The molecule has 0 aromatic rings. The number of rotatable bonds is 3. The van der Waals surface area contributed by atoms with Crippen molar-refractivity contribution in [1.29, 1.82) is 0 Å². The molecule has 2 unspecified atom stereocenters. The Morgan fingerprint density at radius 1 is 1.69 bits per heavy atom. The summed E-state index contributed by atoms with van der Waals surface area (Å²) in [7, 11) is -0.917. The van der Waals surface area contributed by atoms with E-state index >= 15 is 0 Å². The molecule has 0 aromatic carbocycles. The molecule has 1 rings (SSSR count). The van der Waals surface area contributed by atoms with Crippen LogP contribution in [0.15, 0.2) is 12.7 Å². The van der Waals surface area contributed by atoms with Gasteiger partial charge in [0.05, 0.1) is 0 Å². The average molecular weight is 201 g/mol. The zero-order valence-electron chi connectivity index (χ0n) is 7.62. The first kappa shape index (κ1) is 10.4. The van der Waals surface area contributed by atoms with E-state index in [1.165, 1.54) is 0 Å². The van der Waals surface area contributed by atoms with Gasteiger partial charge < -0.3 is 5.32 Å². The van der Waals surface area contributed by atoms with E-state index in [4.69, 9.17) is 0 Å². The van der Waals surface area contributed by atoms with E-state index in [2.05, 4.69) is 11.9 Å². The number of nitrogens with one attached hydrogen (secondary N) is 1. The van der Waals surface area contributed by atoms with Crippen molar-refractivity contribution in [2.75, 3.05) is 12.3 Å². The highest BCUT2D eigenvalue weighted by molar-refractivity contribution is 7.85. The third kappa shape index (κ3) is 3.30. The lowest BCUT2D eigenvalue weighted by Gasteiger charge is -2.10. The molecule has 1 amide bonds. The SMILES string of the molecule is C=CCS(=O)C1CCCNC(=O)C1. The van der Waals surface area contributed by atoms with Crippen molar-refractivity contribution in [3.05, 3.63) is 12.7 Å². The van der Waals surface area contributed by atoms with Gasteiger partial charge >= 0.3 is 0 Å². The van der Waals surface area contributed by atoms with Crippen molar-refractivity contribution in [3.63, 3.8) is 0 Å². The molecule has 4 heteroatoms. The van der Waals surface area contributed by atoms with Gasteiger partial charge in [0.2, 0.25) is 5.91 Å². The fourth-order valence-corrected chi connectivity index (χ4v) is 2.69. The molecule has 1 saturated heterocycles. The quantitative estimate of drug-likeness (QED) is 0.679. The molecule has 3 nitrogen and oxygen atoms in total. The summed E-state index contributed by atoms with van der Waals surface area (Å²) in [4.78, 5) is 11.1. The Bertz CT molecular complexity index is 228. The van der Waals surface area contributed by atoms with Crippen molar-refractivity contribution in [2.24, 2.45) is 0 Å². The van der Waals surface area contributed by atoms with Crippen LogP contribution >= 0.6 is 0 Å². The number of hydrogen-bond donors (Lipinski definition) is 1. The maximum Gasteiger partial charge on any atom is 0.221 e. The molecule has 0 aliphatic carbocycles. The van der Waals surface area contributed by atoms with Crippen LogP contribution in [0.3, 0.4) is 0 Å². The van der Waals surface area contributed by atoms with Gasteiger partial charge in [-0.1, -0.05) is 6.08 Å². The fourth-order valence-electron chi connectivity index (χ4n) is 1.42. The topological polar surface area (TPSA) is 46.2 Å². The molecule has 1 heterocycles. The van der Waals surface area contributed by atoms with Crippen LogP contribution in [0.5, 0.6) is 0 Å². The molecular formula is C9H15NO2S. The summed E-state index contributed by atoms with van der Waals surface area (Å²) >= 11 is 0. The number of carbonyl (C=O) groups is 1. The van der Waals surface area contributed by atoms with Crippen molar-refractivity contribution in [1.82, 2.24) is 5.32 Å². The highest BCUT2D eigenvalue weighted by atomic mass is 32.2. The van der Waals surface area contributed by atoms with Crippen LogP contribution in [-0.2, 0) is 15.6 Å². The summed E-state index contributed by atoms with van der Waals surface area (Å²) in [5, 5.41) is 2.80. The summed E-state index contributed by atoms with van der Waals surface area (Å²) in [6.45, 7) is 4.27. The zero-order valence-corrected chi connectivity index (χ0v) is 8.44. The second-order valence-electron chi connectivity index (χ2n) is 3.15.